The second kappa shape index (κ2) is 16.3. The number of aliphatic hydroxyl groups excluding tert-OH is 1. The number of nitrogens with two attached hydrogens (primary N) is 1. The predicted octanol–water partition coefficient (Wildman–Crippen LogP) is 6.82. The van der Waals surface area contributed by atoms with Crippen LogP contribution >= 0.6 is 0 Å². The Morgan fingerprint density at radius 1 is 1.06 bits per heavy atom. The summed E-state index contributed by atoms with van der Waals surface area (Å²) in [6, 6.07) is 0. The summed E-state index contributed by atoms with van der Waals surface area (Å²) in [4.78, 5) is 31.5. The maximum absolute atomic E-state index is 13.5. The molecule has 1 aliphatic heterocycles. The molecule has 51 heavy (non-hydrogen) atoms. The van der Waals surface area contributed by atoms with Gasteiger partial charge in [-0.05, 0) is 75.4 Å². The number of aromatic nitrogens is 4. The predicted molar refractivity (Wildman–Crippen MR) is 204 cm³/mol. The molecule has 1 aliphatic rings. The molecule has 1 fully saturated rings. The quantitative estimate of drug-likeness (QED) is 0.0566. The highest BCUT2D eigenvalue weighted by Crippen LogP contribution is 2.47. The molecule has 2 aromatic rings. The summed E-state index contributed by atoms with van der Waals surface area (Å²) >= 11 is 0. The van der Waals surface area contributed by atoms with E-state index in [1.807, 2.05) is 4.57 Å². The number of rotatable bonds is 15. The fraction of sp³-hybridized carbons (Fsp3) is 0.818. The molecule has 3 heterocycles. The highest BCUT2D eigenvalue weighted by atomic mass is 28.4. The molecule has 0 aromatic carbocycles. The van der Waals surface area contributed by atoms with Crippen molar-refractivity contribution in [3.63, 3.8) is 0 Å². The van der Waals surface area contributed by atoms with Crippen molar-refractivity contribution in [1.29, 1.82) is 0 Å². The van der Waals surface area contributed by atoms with E-state index in [0.29, 0.717) is 43.0 Å². The van der Waals surface area contributed by atoms with Crippen molar-refractivity contribution >= 4 is 45.7 Å². The molecule has 0 saturated carbocycles. The number of unbranched alkanes of at least 4 members (excludes halogenated alkanes) is 1. The van der Waals surface area contributed by atoms with Crippen LogP contribution in [0, 0.1) is 0 Å². The number of nitrogen functional groups attached to an aromatic ring is 1. The van der Waals surface area contributed by atoms with Gasteiger partial charge in [0.05, 0.1) is 13.2 Å². The molecule has 3 rings (SSSR count). The number of azide groups is 1. The van der Waals surface area contributed by atoms with E-state index in [9.17, 15) is 9.90 Å². The molecule has 1 saturated heterocycles. The molecule has 0 aliphatic carbocycles. The second-order valence-corrected chi connectivity index (χ2v) is 26.7. The van der Waals surface area contributed by atoms with Crippen molar-refractivity contribution in [3.05, 3.63) is 16.8 Å². The lowest BCUT2D eigenvalue weighted by Crippen LogP contribution is -2.55. The first kappa shape index (κ1) is 42.4. The summed E-state index contributed by atoms with van der Waals surface area (Å²) in [5.74, 6) is 0.676. The van der Waals surface area contributed by atoms with Gasteiger partial charge in [-0.1, -0.05) is 46.7 Å². The van der Waals surface area contributed by atoms with Crippen molar-refractivity contribution < 1.29 is 28.2 Å². The van der Waals surface area contributed by atoms with Crippen LogP contribution in [0.5, 0.6) is 0 Å². The molecular formula is C33H62N10O6Si2. The maximum Gasteiger partial charge on any atom is 0.410 e. The Hall–Kier alpha value is -3.00. The molecule has 1 amide bonds. The van der Waals surface area contributed by atoms with Crippen LogP contribution in [-0.2, 0) is 18.3 Å². The van der Waals surface area contributed by atoms with Gasteiger partial charge in [0, 0.05) is 24.5 Å². The second-order valence-electron chi connectivity index (χ2n) is 17.2. The average Bonchev–Trinajstić information content (AvgIpc) is 3.50. The minimum Gasteiger partial charge on any atom is -0.444 e. The number of imidazole rings is 1. The zero-order chi connectivity index (χ0) is 38.6. The Morgan fingerprint density at radius 3 is 2.22 bits per heavy atom. The summed E-state index contributed by atoms with van der Waals surface area (Å²) in [6.45, 7) is 28.0. The molecular weight excluding hydrogens is 689 g/mol. The van der Waals surface area contributed by atoms with Gasteiger partial charge in [0.1, 0.15) is 30.2 Å². The topological polar surface area (TPSA) is 208 Å². The van der Waals surface area contributed by atoms with Crippen molar-refractivity contribution in [3.8, 4) is 0 Å². The van der Waals surface area contributed by atoms with Crippen molar-refractivity contribution in [1.82, 2.24) is 24.4 Å². The smallest absolute Gasteiger partial charge is 0.410 e. The van der Waals surface area contributed by atoms with Gasteiger partial charge in [-0.25, -0.2) is 19.7 Å². The number of hydrogen-bond donors (Lipinski definition) is 3. The minimum atomic E-state index is -2.51. The number of carbonyl (C=O) groups excluding carboxylic acids is 1. The van der Waals surface area contributed by atoms with E-state index < -0.39 is 52.9 Å². The van der Waals surface area contributed by atoms with Crippen LogP contribution < -0.4 is 11.1 Å². The molecule has 18 heteroatoms. The van der Waals surface area contributed by atoms with E-state index in [2.05, 4.69) is 93.0 Å². The third-order valence-corrected chi connectivity index (χ3v) is 18.9. The molecule has 4 atom stereocenters. The van der Waals surface area contributed by atoms with Crippen LogP contribution in [0.1, 0.15) is 81.4 Å². The Labute approximate surface area is 305 Å². The fourth-order valence-electron chi connectivity index (χ4n) is 5.13. The van der Waals surface area contributed by atoms with Gasteiger partial charge < -0.3 is 39.4 Å². The highest BCUT2D eigenvalue weighted by molar-refractivity contribution is 6.74. The van der Waals surface area contributed by atoms with Crippen LogP contribution in [0.25, 0.3) is 21.6 Å². The SMILES string of the molecule is CC(C)(C)OC(=O)N(CCO)C[C@H]1O[C@@H](n2c(NCCCCN=[N+]=[N-])nc3c(N)ncnc32)C(O[Si](C)(C)C(C)(C)C)[C@H]1O[Si](C)(C)C(C)(C)C. The van der Waals surface area contributed by atoms with Crippen LogP contribution in [0.15, 0.2) is 11.4 Å². The summed E-state index contributed by atoms with van der Waals surface area (Å²) < 4.78 is 29.2. The van der Waals surface area contributed by atoms with E-state index in [4.69, 9.17) is 34.6 Å². The number of aliphatic hydroxyl groups is 1. The number of fused-ring (bicyclic) bond motifs is 1. The average molecular weight is 751 g/mol. The van der Waals surface area contributed by atoms with Gasteiger partial charge in [-0.15, -0.1) is 0 Å². The Bertz CT molecular complexity index is 1530. The number of nitrogens with one attached hydrogen (secondary N) is 1. The molecule has 2 aromatic heterocycles. The van der Waals surface area contributed by atoms with Gasteiger partial charge in [0.25, 0.3) is 0 Å². The normalized spacial score (nSPS) is 20.4. The molecule has 4 N–H and O–H groups in total. The summed E-state index contributed by atoms with van der Waals surface area (Å²) in [5, 5.41) is 16.8. The van der Waals surface area contributed by atoms with Crippen LogP contribution in [0.4, 0.5) is 16.6 Å². The zero-order valence-corrected chi connectivity index (χ0v) is 35.0. The molecule has 288 valence electrons. The van der Waals surface area contributed by atoms with E-state index in [-0.39, 0.29) is 35.6 Å². The lowest BCUT2D eigenvalue weighted by Gasteiger charge is -2.44. The van der Waals surface area contributed by atoms with Gasteiger partial charge >= 0.3 is 6.09 Å². The van der Waals surface area contributed by atoms with E-state index >= 15 is 0 Å². The van der Waals surface area contributed by atoms with E-state index in [0.717, 1.165) is 0 Å². The van der Waals surface area contributed by atoms with Crippen LogP contribution in [-0.4, -0.2) is 109 Å². The number of anilines is 2. The van der Waals surface area contributed by atoms with Crippen molar-refractivity contribution in [2.24, 2.45) is 5.11 Å². The Balaban J connectivity index is 2.25. The number of hydrogen-bond acceptors (Lipinski definition) is 12. The Morgan fingerprint density at radius 2 is 1.67 bits per heavy atom. The lowest BCUT2D eigenvalue weighted by atomic mass is 10.1. The summed E-state index contributed by atoms with van der Waals surface area (Å²) in [6.07, 6.45) is -0.541. The van der Waals surface area contributed by atoms with E-state index in [1.54, 1.807) is 20.8 Å². The first-order chi connectivity index (χ1) is 23.4. The molecule has 16 nitrogen and oxygen atoms in total. The number of ether oxygens (including phenoxy) is 2. The number of nitrogens with zero attached hydrogens (tertiary/aromatic N) is 8. The Kier molecular flexibility index (Phi) is 13.6. The summed E-state index contributed by atoms with van der Waals surface area (Å²) in [7, 11) is -4.99. The van der Waals surface area contributed by atoms with Crippen LogP contribution in [0.2, 0.25) is 36.3 Å². The number of amides is 1. The minimum absolute atomic E-state index is 0.0421. The molecule has 0 radical (unpaired) electrons. The van der Waals surface area contributed by atoms with Crippen LogP contribution in [0.3, 0.4) is 0 Å². The fourth-order valence-corrected chi connectivity index (χ4v) is 7.73. The van der Waals surface area contributed by atoms with Gasteiger partial charge in [0.15, 0.2) is 39.8 Å². The maximum atomic E-state index is 13.5. The third kappa shape index (κ3) is 10.5. The monoisotopic (exact) mass is 750 g/mol. The lowest BCUT2D eigenvalue weighted by molar-refractivity contribution is -0.0457. The highest BCUT2D eigenvalue weighted by Gasteiger charge is 2.55. The standard InChI is InChI=1S/C33H62N10O6Si2/c1-31(2,3)47-30(45)42(18-19-44)20-22-24(48-50(10,11)32(4,5)6)25(49-51(12,13)33(7,8)9)28(46-22)43-27-23(26(34)37-21-38-27)40-29(43)36-16-14-15-17-39-41-35/h21-22,24-25,28,44H,14-20H2,1-13H3,(H,36,40)(H2,34,37,38)/t22-,24+,25?,28-/m1/s1. The summed E-state index contributed by atoms with van der Waals surface area (Å²) in [5.41, 5.74) is 15.1. The third-order valence-electron chi connectivity index (χ3n) is 9.97. The molecule has 0 spiro atoms. The van der Waals surface area contributed by atoms with E-state index in [1.165, 1.54) is 11.2 Å². The van der Waals surface area contributed by atoms with Gasteiger partial charge in [-0.3, -0.25) is 4.57 Å². The van der Waals surface area contributed by atoms with Gasteiger partial charge in [-0.2, -0.15) is 0 Å². The van der Waals surface area contributed by atoms with Gasteiger partial charge in [0.2, 0.25) is 5.95 Å². The molecule has 1 unspecified atom stereocenters. The molecule has 0 bridgehead atoms. The van der Waals surface area contributed by atoms with Crippen molar-refractivity contribution in [2.45, 2.75) is 142 Å². The zero-order valence-electron chi connectivity index (χ0n) is 33.0. The first-order valence-electron chi connectivity index (χ1n) is 17.8. The largest absolute Gasteiger partial charge is 0.444 e. The number of carbonyl (C=O) groups is 1. The van der Waals surface area contributed by atoms with Crippen molar-refractivity contribution in [2.75, 3.05) is 43.8 Å². The first-order valence-corrected chi connectivity index (χ1v) is 23.6.